The lowest BCUT2D eigenvalue weighted by atomic mass is 10.1. The summed E-state index contributed by atoms with van der Waals surface area (Å²) in [5, 5.41) is 0. The van der Waals surface area contributed by atoms with Crippen LogP contribution in [-0.4, -0.2) is 12.1 Å². The zero-order chi connectivity index (χ0) is 15.5. The van der Waals surface area contributed by atoms with E-state index in [0.717, 1.165) is 12.0 Å². The highest BCUT2D eigenvalue weighted by Crippen LogP contribution is 2.59. The Bertz CT molecular complexity index is 470. The maximum absolute atomic E-state index is 12.3. The van der Waals surface area contributed by atoms with Gasteiger partial charge >= 0.3 is 5.97 Å². The molecule has 0 aliphatic heterocycles. The zero-order valence-electron chi connectivity index (χ0n) is 13.5. The number of hydrogen-bond acceptors (Lipinski definition) is 2. The van der Waals surface area contributed by atoms with Crippen LogP contribution in [0.4, 0.5) is 0 Å². The van der Waals surface area contributed by atoms with Crippen molar-refractivity contribution in [1.82, 2.24) is 0 Å². The van der Waals surface area contributed by atoms with Crippen LogP contribution in [0.25, 0.3) is 0 Å². The number of hydrogen-bond donors (Lipinski definition) is 0. The minimum atomic E-state index is -0.536. The third kappa shape index (κ3) is 3.54. The maximum Gasteiger partial charge on any atom is 0.311 e. The molecule has 1 aliphatic rings. The van der Waals surface area contributed by atoms with E-state index >= 15 is 0 Å². The Morgan fingerprint density at radius 3 is 2.45 bits per heavy atom. The Hall–Kier alpha value is -1.49. The summed E-state index contributed by atoms with van der Waals surface area (Å²) in [6, 6.07) is 0. The Kier molecular flexibility index (Phi) is 5.22. The van der Waals surface area contributed by atoms with E-state index in [1.54, 1.807) is 0 Å². The molecule has 0 amide bonds. The standard InChI is InChI=1S/C18H26O2/c1-8-10-13(5)15(9-2)20-17(19)16-14(11-12(3)4)18(16,6)7/h2,10-11,14-16H,8H2,1,3-7H3/b13-10-/t14-,15+,16+/m1/s1. The first-order valence-corrected chi connectivity index (χ1v) is 7.24. The van der Waals surface area contributed by atoms with Crippen molar-refractivity contribution in [3.05, 3.63) is 23.3 Å². The number of allylic oxidation sites excluding steroid dienone is 3. The predicted molar refractivity (Wildman–Crippen MR) is 83.0 cm³/mol. The molecular formula is C18H26O2. The summed E-state index contributed by atoms with van der Waals surface area (Å²) >= 11 is 0. The summed E-state index contributed by atoms with van der Waals surface area (Å²) in [7, 11) is 0. The van der Waals surface area contributed by atoms with Gasteiger partial charge in [-0.3, -0.25) is 4.79 Å². The van der Waals surface area contributed by atoms with E-state index in [4.69, 9.17) is 11.2 Å². The molecule has 0 aromatic heterocycles. The van der Waals surface area contributed by atoms with Gasteiger partial charge in [0.15, 0.2) is 6.10 Å². The molecule has 1 rings (SSSR count). The summed E-state index contributed by atoms with van der Waals surface area (Å²) < 4.78 is 5.51. The minimum Gasteiger partial charge on any atom is -0.444 e. The highest BCUT2D eigenvalue weighted by molar-refractivity contribution is 5.79. The summed E-state index contributed by atoms with van der Waals surface area (Å²) in [4.78, 5) is 12.3. The molecular weight excluding hydrogens is 248 g/mol. The van der Waals surface area contributed by atoms with Gasteiger partial charge in [-0.15, -0.1) is 6.42 Å². The number of terminal acetylenes is 1. The van der Waals surface area contributed by atoms with Crippen molar-refractivity contribution in [2.24, 2.45) is 17.3 Å². The molecule has 1 fully saturated rings. The monoisotopic (exact) mass is 274 g/mol. The lowest BCUT2D eigenvalue weighted by molar-refractivity contribution is -0.147. The van der Waals surface area contributed by atoms with Crippen molar-refractivity contribution in [2.75, 3.05) is 0 Å². The fourth-order valence-electron chi connectivity index (χ4n) is 2.67. The van der Waals surface area contributed by atoms with Crippen molar-refractivity contribution in [2.45, 2.75) is 54.1 Å². The molecule has 2 nitrogen and oxygen atoms in total. The number of esters is 1. The molecule has 2 heteroatoms. The van der Waals surface area contributed by atoms with Crippen LogP contribution in [0.15, 0.2) is 23.3 Å². The first kappa shape index (κ1) is 16.6. The van der Waals surface area contributed by atoms with Crippen molar-refractivity contribution < 1.29 is 9.53 Å². The van der Waals surface area contributed by atoms with Gasteiger partial charge in [0, 0.05) is 0 Å². The van der Waals surface area contributed by atoms with Crippen LogP contribution >= 0.6 is 0 Å². The van der Waals surface area contributed by atoms with Crippen LogP contribution in [0.2, 0.25) is 0 Å². The van der Waals surface area contributed by atoms with Gasteiger partial charge in [0.05, 0.1) is 5.92 Å². The predicted octanol–water partition coefficient (Wildman–Crippen LogP) is 4.13. The Morgan fingerprint density at radius 1 is 1.40 bits per heavy atom. The first-order valence-electron chi connectivity index (χ1n) is 7.24. The Balaban J connectivity index is 2.76. The van der Waals surface area contributed by atoms with Crippen LogP contribution in [0, 0.1) is 29.6 Å². The smallest absolute Gasteiger partial charge is 0.311 e. The molecule has 110 valence electrons. The highest BCUT2D eigenvalue weighted by atomic mass is 16.5. The van der Waals surface area contributed by atoms with Gasteiger partial charge < -0.3 is 4.74 Å². The van der Waals surface area contributed by atoms with E-state index in [-0.39, 0.29) is 23.2 Å². The number of ether oxygens (including phenoxy) is 1. The fraction of sp³-hybridized carbons (Fsp3) is 0.611. The average Bonchev–Trinajstić information content (AvgIpc) is 2.86. The van der Waals surface area contributed by atoms with Crippen molar-refractivity contribution in [3.63, 3.8) is 0 Å². The molecule has 0 aromatic rings. The highest BCUT2D eigenvalue weighted by Gasteiger charge is 2.61. The largest absolute Gasteiger partial charge is 0.444 e. The van der Waals surface area contributed by atoms with E-state index < -0.39 is 6.10 Å². The molecule has 0 bridgehead atoms. The molecule has 0 aromatic carbocycles. The van der Waals surface area contributed by atoms with Crippen molar-refractivity contribution in [3.8, 4) is 12.3 Å². The van der Waals surface area contributed by atoms with Gasteiger partial charge in [-0.25, -0.2) is 0 Å². The molecule has 0 unspecified atom stereocenters. The second-order valence-electron chi connectivity index (χ2n) is 6.41. The fourth-order valence-corrected chi connectivity index (χ4v) is 2.67. The molecule has 1 saturated carbocycles. The number of carbonyl (C=O) groups is 1. The van der Waals surface area contributed by atoms with Gasteiger partial charge in [0.2, 0.25) is 0 Å². The average molecular weight is 274 g/mol. The molecule has 0 radical (unpaired) electrons. The topological polar surface area (TPSA) is 26.3 Å². The third-order valence-corrected chi connectivity index (χ3v) is 4.00. The lowest BCUT2D eigenvalue weighted by Crippen LogP contribution is -2.20. The number of rotatable bonds is 5. The van der Waals surface area contributed by atoms with Crippen LogP contribution in [0.5, 0.6) is 0 Å². The number of carbonyl (C=O) groups excluding carboxylic acids is 1. The zero-order valence-corrected chi connectivity index (χ0v) is 13.5. The first-order chi connectivity index (χ1) is 9.25. The molecule has 0 N–H and O–H groups in total. The van der Waals surface area contributed by atoms with Crippen LogP contribution < -0.4 is 0 Å². The van der Waals surface area contributed by atoms with Gasteiger partial charge in [-0.2, -0.15) is 0 Å². The molecule has 20 heavy (non-hydrogen) atoms. The SMILES string of the molecule is C#C[C@H](OC(=O)[C@@H]1[C@@H](C=C(C)C)C1(C)C)/C(C)=C\CC. The van der Waals surface area contributed by atoms with Gasteiger partial charge in [-0.05, 0) is 44.1 Å². The van der Waals surface area contributed by atoms with Crippen LogP contribution in [-0.2, 0) is 9.53 Å². The molecule has 3 atom stereocenters. The summed E-state index contributed by atoms with van der Waals surface area (Å²) in [6.07, 6.45) is 9.99. The van der Waals surface area contributed by atoms with E-state index in [1.807, 2.05) is 19.9 Å². The normalized spacial score (nSPS) is 25.4. The van der Waals surface area contributed by atoms with Crippen LogP contribution in [0.3, 0.4) is 0 Å². The second-order valence-corrected chi connectivity index (χ2v) is 6.41. The van der Waals surface area contributed by atoms with E-state index in [1.165, 1.54) is 5.57 Å². The summed E-state index contributed by atoms with van der Waals surface area (Å²) in [5.74, 6) is 2.56. The van der Waals surface area contributed by atoms with E-state index in [2.05, 4.69) is 39.7 Å². The molecule has 0 heterocycles. The van der Waals surface area contributed by atoms with E-state index in [9.17, 15) is 4.79 Å². The Morgan fingerprint density at radius 2 is 2.00 bits per heavy atom. The summed E-state index contributed by atoms with van der Waals surface area (Å²) in [6.45, 7) is 12.2. The molecule has 0 spiro atoms. The quantitative estimate of drug-likeness (QED) is 0.428. The molecule has 1 aliphatic carbocycles. The Labute approximate surface area is 123 Å². The van der Waals surface area contributed by atoms with Gasteiger partial charge in [-0.1, -0.05) is 44.4 Å². The maximum atomic E-state index is 12.3. The summed E-state index contributed by atoms with van der Waals surface area (Å²) in [5.41, 5.74) is 2.13. The second kappa shape index (κ2) is 6.31. The minimum absolute atomic E-state index is 0.0319. The van der Waals surface area contributed by atoms with Gasteiger partial charge in [0.1, 0.15) is 0 Å². The van der Waals surface area contributed by atoms with Crippen LogP contribution in [0.1, 0.15) is 48.0 Å². The molecule has 0 saturated heterocycles. The lowest BCUT2D eigenvalue weighted by Gasteiger charge is -2.13. The van der Waals surface area contributed by atoms with Crippen molar-refractivity contribution in [1.29, 1.82) is 0 Å². The van der Waals surface area contributed by atoms with E-state index in [0.29, 0.717) is 0 Å². The van der Waals surface area contributed by atoms with Crippen molar-refractivity contribution >= 4 is 5.97 Å². The van der Waals surface area contributed by atoms with Gasteiger partial charge in [0.25, 0.3) is 0 Å². The third-order valence-electron chi connectivity index (χ3n) is 4.00.